The fourth-order valence-electron chi connectivity index (χ4n) is 2.00. The van der Waals surface area contributed by atoms with Crippen molar-refractivity contribution in [2.75, 3.05) is 5.73 Å². The molecule has 0 unspecified atom stereocenters. The van der Waals surface area contributed by atoms with Gasteiger partial charge in [0.25, 0.3) is 0 Å². The Kier molecular flexibility index (Phi) is 3.19. The van der Waals surface area contributed by atoms with Gasteiger partial charge in [-0.1, -0.05) is 56.3 Å². The van der Waals surface area contributed by atoms with Gasteiger partial charge in [-0.15, -0.1) is 0 Å². The van der Waals surface area contributed by atoms with Crippen LogP contribution >= 0.6 is 0 Å². The van der Waals surface area contributed by atoms with E-state index in [0.717, 1.165) is 16.8 Å². The number of benzene rings is 2. The molecule has 0 aliphatic rings. The quantitative estimate of drug-likeness (QED) is 0.755. The summed E-state index contributed by atoms with van der Waals surface area (Å²) >= 11 is 0. The molecule has 0 aliphatic carbocycles. The summed E-state index contributed by atoms with van der Waals surface area (Å²) in [6.45, 7) is 6.46. The fourth-order valence-corrected chi connectivity index (χ4v) is 2.00. The zero-order valence-electron chi connectivity index (χ0n) is 10.7. The van der Waals surface area contributed by atoms with Crippen molar-refractivity contribution in [3.8, 4) is 11.1 Å². The lowest BCUT2D eigenvalue weighted by Crippen LogP contribution is -1.94. The van der Waals surface area contributed by atoms with Crippen LogP contribution < -0.4 is 5.73 Å². The average molecular weight is 225 g/mol. The van der Waals surface area contributed by atoms with Crippen LogP contribution in [0.5, 0.6) is 0 Å². The summed E-state index contributed by atoms with van der Waals surface area (Å²) < 4.78 is 0. The Bertz CT molecular complexity index is 527. The molecule has 0 saturated heterocycles. The maximum atomic E-state index is 6.14. The number of rotatable bonds is 2. The van der Waals surface area contributed by atoms with E-state index >= 15 is 0 Å². The van der Waals surface area contributed by atoms with Crippen molar-refractivity contribution in [3.05, 3.63) is 53.6 Å². The summed E-state index contributed by atoms with van der Waals surface area (Å²) in [4.78, 5) is 0. The minimum atomic E-state index is 0.543. The molecule has 1 heteroatoms. The van der Waals surface area contributed by atoms with Crippen LogP contribution in [0.15, 0.2) is 42.5 Å². The molecule has 0 fully saturated rings. The Morgan fingerprint density at radius 1 is 1.00 bits per heavy atom. The van der Waals surface area contributed by atoms with E-state index in [1.807, 2.05) is 13.0 Å². The Morgan fingerprint density at radius 2 is 1.71 bits per heavy atom. The largest absolute Gasteiger partial charge is 0.398 e. The Morgan fingerprint density at radius 3 is 2.41 bits per heavy atom. The molecule has 0 saturated carbocycles. The maximum Gasteiger partial charge on any atom is 0.0423 e. The number of anilines is 1. The van der Waals surface area contributed by atoms with Crippen LogP contribution in [0.1, 0.15) is 30.9 Å². The maximum absolute atomic E-state index is 6.14. The predicted octanol–water partition coefficient (Wildman–Crippen LogP) is 4.37. The molecule has 88 valence electrons. The van der Waals surface area contributed by atoms with Crippen LogP contribution in [0.4, 0.5) is 5.69 Å². The van der Waals surface area contributed by atoms with E-state index in [2.05, 4.69) is 50.2 Å². The first-order chi connectivity index (χ1) is 8.09. The second-order valence-electron chi connectivity index (χ2n) is 4.82. The van der Waals surface area contributed by atoms with Crippen LogP contribution in [-0.4, -0.2) is 0 Å². The molecule has 1 nitrogen and oxygen atoms in total. The Labute approximate surface area is 103 Å². The van der Waals surface area contributed by atoms with Crippen LogP contribution in [-0.2, 0) is 0 Å². The molecule has 2 aromatic rings. The molecule has 0 aliphatic heterocycles. The van der Waals surface area contributed by atoms with Crippen molar-refractivity contribution in [1.29, 1.82) is 0 Å². The lowest BCUT2D eigenvalue weighted by molar-refractivity contribution is 0.867. The van der Waals surface area contributed by atoms with Crippen molar-refractivity contribution in [1.82, 2.24) is 0 Å². The summed E-state index contributed by atoms with van der Waals surface area (Å²) in [7, 11) is 0. The Hall–Kier alpha value is -1.76. The van der Waals surface area contributed by atoms with Gasteiger partial charge >= 0.3 is 0 Å². The van der Waals surface area contributed by atoms with E-state index in [-0.39, 0.29) is 0 Å². The molecule has 2 rings (SSSR count). The van der Waals surface area contributed by atoms with Crippen LogP contribution in [0.2, 0.25) is 0 Å². The first-order valence-electron chi connectivity index (χ1n) is 6.05. The molecule has 0 radical (unpaired) electrons. The minimum Gasteiger partial charge on any atom is -0.398 e. The zero-order valence-corrected chi connectivity index (χ0v) is 10.7. The molecular weight excluding hydrogens is 206 g/mol. The van der Waals surface area contributed by atoms with Crippen molar-refractivity contribution in [3.63, 3.8) is 0 Å². The molecular formula is C16H19N. The lowest BCUT2D eigenvalue weighted by atomic mass is 9.95. The first-order valence-corrected chi connectivity index (χ1v) is 6.05. The number of aryl methyl sites for hydroxylation is 1. The van der Waals surface area contributed by atoms with Gasteiger partial charge in [-0.25, -0.2) is 0 Å². The topological polar surface area (TPSA) is 26.0 Å². The van der Waals surface area contributed by atoms with Crippen molar-refractivity contribution in [2.45, 2.75) is 26.7 Å². The summed E-state index contributed by atoms with van der Waals surface area (Å²) in [5.74, 6) is 0.543. The van der Waals surface area contributed by atoms with E-state index in [9.17, 15) is 0 Å². The summed E-state index contributed by atoms with van der Waals surface area (Å²) in [5, 5.41) is 0. The van der Waals surface area contributed by atoms with Crippen molar-refractivity contribution >= 4 is 5.69 Å². The molecule has 0 aromatic heterocycles. The van der Waals surface area contributed by atoms with E-state index in [1.165, 1.54) is 11.1 Å². The standard InChI is InChI=1S/C16H19N/c1-11(2)13-7-5-8-14(10-13)15-9-4-6-12(3)16(15)17/h4-11H,17H2,1-3H3. The number of hydrogen-bond donors (Lipinski definition) is 1. The van der Waals surface area contributed by atoms with Gasteiger partial charge in [0.1, 0.15) is 0 Å². The van der Waals surface area contributed by atoms with Gasteiger partial charge in [0.2, 0.25) is 0 Å². The smallest absolute Gasteiger partial charge is 0.0423 e. The number of hydrogen-bond acceptors (Lipinski definition) is 1. The first kappa shape index (κ1) is 11.7. The fraction of sp³-hybridized carbons (Fsp3) is 0.250. The van der Waals surface area contributed by atoms with Gasteiger partial charge in [-0.3, -0.25) is 0 Å². The Balaban J connectivity index is 2.53. The molecule has 0 atom stereocenters. The molecule has 17 heavy (non-hydrogen) atoms. The summed E-state index contributed by atoms with van der Waals surface area (Å²) in [6.07, 6.45) is 0. The molecule has 2 aromatic carbocycles. The van der Waals surface area contributed by atoms with E-state index < -0.39 is 0 Å². The SMILES string of the molecule is Cc1cccc(-c2cccc(C(C)C)c2)c1N. The summed E-state index contributed by atoms with van der Waals surface area (Å²) in [5.41, 5.74) is 11.8. The van der Waals surface area contributed by atoms with Gasteiger partial charge in [-0.05, 0) is 29.5 Å². The second-order valence-corrected chi connectivity index (χ2v) is 4.82. The van der Waals surface area contributed by atoms with Crippen molar-refractivity contribution < 1.29 is 0 Å². The predicted molar refractivity (Wildman–Crippen MR) is 75.1 cm³/mol. The van der Waals surface area contributed by atoms with E-state index in [1.54, 1.807) is 0 Å². The van der Waals surface area contributed by atoms with Gasteiger partial charge in [0.15, 0.2) is 0 Å². The third-order valence-corrected chi connectivity index (χ3v) is 3.19. The summed E-state index contributed by atoms with van der Waals surface area (Å²) in [6, 6.07) is 14.8. The third-order valence-electron chi connectivity index (χ3n) is 3.19. The number of nitrogen functional groups attached to an aromatic ring is 1. The van der Waals surface area contributed by atoms with Crippen LogP contribution in [0, 0.1) is 6.92 Å². The van der Waals surface area contributed by atoms with Gasteiger partial charge in [0.05, 0.1) is 0 Å². The minimum absolute atomic E-state index is 0.543. The highest BCUT2D eigenvalue weighted by Gasteiger charge is 2.06. The zero-order chi connectivity index (χ0) is 12.4. The number of para-hydroxylation sites is 1. The van der Waals surface area contributed by atoms with Crippen LogP contribution in [0.25, 0.3) is 11.1 Å². The lowest BCUT2D eigenvalue weighted by Gasteiger charge is -2.11. The van der Waals surface area contributed by atoms with Gasteiger partial charge in [0, 0.05) is 11.3 Å². The normalized spacial score (nSPS) is 10.8. The number of nitrogens with two attached hydrogens (primary N) is 1. The average Bonchev–Trinajstić information content (AvgIpc) is 2.33. The highest BCUT2D eigenvalue weighted by atomic mass is 14.6. The van der Waals surface area contributed by atoms with Gasteiger partial charge in [-0.2, -0.15) is 0 Å². The van der Waals surface area contributed by atoms with Crippen molar-refractivity contribution in [2.24, 2.45) is 0 Å². The second kappa shape index (κ2) is 4.62. The monoisotopic (exact) mass is 225 g/mol. The molecule has 0 bridgehead atoms. The van der Waals surface area contributed by atoms with E-state index in [0.29, 0.717) is 5.92 Å². The third kappa shape index (κ3) is 2.33. The van der Waals surface area contributed by atoms with Gasteiger partial charge < -0.3 is 5.73 Å². The molecule has 0 amide bonds. The molecule has 0 spiro atoms. The molecule has 2 N–H and O–H groups in total. The highest BCUT2D eigenvalue weighted by molar-refractivity contribution is 5.78. The van der Waals surface area contributed by atoms with Crippen LogP contribution in [0.3, 0.4) is 0 Å². The molecule has 0 heterocycles. The van der Waals surface area contributed by atoms with E-state index in [4.69, 9.17) is 5.73 Å². The highest BCUT2D eigenvalue weighted by Crippen LogP contribution is 2.30.